The van der Waals surface area contributed by atoms with Crippen molar-refractivity contribution in [2.45, 2.75) is 39.0 Å². The van der Waals surface area contributed by atoms with Crippen LogP contribution in [-0.4, -0.2) is 22.9 Å². The van der Waals surface area contributed by atoms with Crippen molar-refractivity contribution in [1.29, 1.82) is 0 Å². The Labute approximate surface area is 205 Å². The number of aliphatic carboxylic acids is 1. The van der Waals surface area contributed by atoms with E-state index >= 15 is 0 Å². The lowest BCUT2D eigenvalue weighted by Gasteiger charge is -2.27. The van der Waals surface area contributed by atoms with Gasteiger partial charge in [0.2, 0.25) is 0 Å². The quantitative estimate of drug-likeness (QED) is 0.338. The van der Waals surface area contributed by atoms with E-state index in [9.17, 15) is 19.5 Å². The van der Waals surface area contributed by atoms with Gasteiger partial charge < -0.3 is 15.7 Å². The summed E-state index contributed by atoms with van der Waals surface area (Å²) in [5.74, 6) is -2.01. The second kappa shape index (κ2) is 11.0. The van der Waals surface area contributed by atoms with Crippen LogP contribution in [0.3, 0.4) is 0 Å². The predicted molar refractivity (Wildman–Crippen MR) is 138 cm³/mol. The molecule has 2 atom stereocenters. The van der Waals surface area contributed by atoms with E-state index in [4.69, 9.17) is 0 Å². The first-order chi connectivity index (χ1) is 16.9. The van der Waals surface area contributed by atoms with Crippen molar-refractivity contribution in [3.8, 4) is 11.1 Å². The minimum atomic E-state index is -0.878. The zero-order chi connectivity index (χ0) is 24.8. The molecule has 1 fully saturated rings. The van der Waals surface area contributed by atoms with Crippen LogP contribution >= 0.6 is 0 Å². The lowest BCUT2D eigenvalue weighted by Crippen LogP contribution is -2.32. The summed E-state index contributed by atoms with van der Waals surface area (Å²) in [6, 6.07) is 22.2. The molecule has 3 aromatic rings. The second-order valence-corrected chi connectivity index (χ2v) is 8.98. The molecule has 0 saturated heterocycles. The summed E-state index contributed by atoms with van der Waals surface area (Å²) in [5, 5.41) is 15.1. The van der Waals surface area contributed by atoms with E-state index < -0.39 is 17.8 Å². The summed E-state index contributed by atoms with van der Waals surface area (Å²) < 4.78 is 0. The van der Waals surface area contributed by atoms with Crippen molar-refractivity contribution in [2.75, 3.05) is 10.6 Å². The fraction of sp³-hybridized carbons (Fsp3) is 0.276. The van der Waals surface area contributed by atoms with E-state index in [1.165, 1.54) is 5.56 Å². The highest BCUT2D eigenvalue weighted by Gasteiger charge is 2.35. The molecule has 2 amide bonds. The largest absolute Gasteiger partial charge is 0.481 e. The van der Waals surface area contributed by atoms with Crippen LogP contribution in [0.1, 0.15) is 48.5 Å². The standard InChI is InChI=1S/C29H30N2O4/c1-2-19-7-15-23(16-8-19)30-29(35)31-24-17-13-21(14-18-24)20-9-11-22(12-10-20)27(32)25-5-3-4-6-26(25)28(33)34/h7-18,25-26H,2-6H2,1H3,(H,33,34)(H2,30,31,35)/t25-,26-/m0/s1. The van der Waals surface area contributed by atoms with Crippen molar-refractivity contribution in [1.82, 2.24) is 0 Å². The Bertz CT molecular complexity index is 1180. The van der Waals surface area contributed by atoms with Gasteiger partial charge in [0.1, 0.15) is 0 Å². The van der Waals surface area contributed by atoms with Gasteiger partial charge in [0, 0.05) is 22.9 Å². The zero-order valence-corrected chi connectivity index (χ0v) is 19.8. The fourth-order valence-electron chi connectivity index (χ4n) is 4.64. The molecule has 3 aromatic carbocycles. The highest BCUT2D eigenvalue weighted by Crippen LogP contribution is 2.33. The molecule has 3 N–H and O–H groups in total. The first-order valence-corrected chi connectivity index (χ1v) is 12.1. The first-order valence-electron chi connectivity index (χ1n) is 12.1. The van der Waals surface area contributed by atoms with Gasteiger partial charge in [0.25, 0.3) is 0 Å². The van der Waals surface area contributed by atoms with Gasteiger partial charge in [-0.25, -0.2) is 4.79 Å². The smallest absolute Gasteiger partial charge is 0.323 e. The molecule has 180 valence electrons. The molecule has 0 aliphatic heterocycles. The summed E-state index contributed by atoms with van der Waals surface area (Å²) >= 11 is 0. The van der Waals surface area contributed by atoms with Gasteiger partial charge in [-0.2, -0.15) is 0 Å². The van der Waals surface area contributed by atoms with E-state index in [1.54, 1.807) is 12.1 Å². The van der Waals surface area contributed by atoms with Crippen LogP contribution < -0.4 is 10.6 Å². The molecule has 6 heteroatoms. The molecule has 1 aliphatic carbocycles. The lowest BCUT2D eigenvalue weighted by atomic mass is 9.75. The van der Waals surface area contributed by atoms with Gasteiger partial charge in [0.15, 0.2) is 5.78 Å². The van der Waals surface area contributed by atoms with E-state index in [-0.39, 0.29) is 11.8 Å². The van der Waals surface area contributed by atoms with Crippen LogP contribution in [-0.2, 0) is 11.2 Å². The Hall–Kier alpha value is -3.93. The maximum absolute atomic E-state index is 13.0. The predicted octanol–water partition coefficient (Wildman–Crippen LogP) is 6.63. The first kappa shape index (κ1) is 24.2. The molecular formula is C29H30N2O4. The number of urea groups is 1. The van der Waals surface area contributed by atoms with Crippen LogP contribution in [0.2, 0.25) is 0 Å². The number of aryl methyl sites for hydroxylation is 1. The molecule has 0 radical (unpaired) electrons. The number of anilines is 2. The summed E-state index contributed by atoms with van der Waals surface area (Å²) in [6.07, 6.45) is 3.89. The number of carboxylic acids is 1. The molecule has 0 spiro atoms. The third-order valence-corrected chi connectivity index (χ3v) is 6.69. The van der Waals surface area contributed by atoms with Gasteiger partial charge in [-0.15, -0.1) is 0 Å². The Morgan fingerprint density at radius 2 is 1.23 bits per heavy atom. The number of hydrogen-bond acceptors (Lipinski definition) is 3. The molecule has 1 aliphatic rings. The van der Waals surface area contributed by atoms with E-state index in [2.05, 4.69) is 17.6 Å². The number of carbonyl (C=O) groups excluding carboxylic acids is 2. The average molecular weight is 471 g/mol. The van der Waals surface area contributed by atoms with Gasteiger partial charge in [-0.1, -0.05) is 68.3 Å². The van der Waals surface area contributed by atoms with Crippen molar-refractivity contribution in [2.24, 2.45) is 11.8 Å². The van der Waals surface area contributed by atoms with Crippen molar-refractivity contribution < 1.29 is 19.5 Å². The third kappa shape index (κ3) is 5.96. The topological polar surface area (TPSA) is 95.5 Å². The normalized spacial score (nSPS) is 17.4. The molecule has 6 nitrogen and oxygen atoms in total. The Kier molecular flexibility index (Phi) is 7.60. The molecule has 1 saturated carbocycles. The SMILES string of the molecule is CCc1ccc(NC(=O)Nc2ccc(-c3ccc(C(=O)[C@H]4CCCC[C@@H]4C(=O)O)cc3)cc2)cc1. The fourth-order valence-corrected chi connectivity index (χ4v) is 4.64. The van der Waals surface area contributed by atoms with Crippen LogP contribution in [0.15, 0.2) is 72.8 Å². The number of amides is 2. The number of benzene rings is 3. The number of carboxylic acid groups (broad SMARTS) is 1. The monoisotopic (exact) mass is 470 g/mol. The number of Topliss-reactive ketones (excluding diaryl/α,β-unsaturated/α-hetero) is 1. The lowest BCUT2D eigenvalue weighted by molar-refractivity contribution is -0.144. The summed E-state index contributed by atoms with van der Waals surface area (Å²) in [6.45, 7) is 2.08. The summed E-state index contributed by atoms with van der Waals surface area (Å²) in [5.41, 5.74) is 5.04. The van der Waals surface area contributed by atoms with Crippen LogP contribution in [0.25, 0.3) is 11.1 Å². The molecule has 4 rings (SSSR count). The van der Waals surface area contributed by atoms with E-state index in [0.717, 1.165) is 36.1 Å². The zero-order valence-electron chi connectivity index (χ0n) is 19.8. The molecular weight excluding hydrogens is 440 g/mol. The van der Waals surface area contributed by atoms with Crippen molar-refractivity contribution in [3.63, 3.8) is 0 Å². The molecule has 0 bridgehead atoms. The van der Waals surface area contributed by atoms with Crippen LogP contribution in [0, 0.1) is 11.8 Å². The third-order valence-electron chi connectivity index (χ3n) is 6.69. The van der Waals surface area contributed by atoms with Gasteiger partial charge in [-0.3, -0.25) is 9.59 Å². The maximum atomic E-state index is 13.0. The molecule has 0 aromatic heterocycles. The number of nitrogens with one attached hydrogen (secondary N) is 2. The highest BCUT2D eigenvalue weighted by atomic mass is 16.4. The van der Waals surface area contributed by atoms with Gasteiger partial charge in [0.05, 0.1) is 5.92 Å². The van der Waals surface area contributed by atoms with E-state index in [1.807, 2.05) is 60.7 Å². The maximum Gasteiger partial charge on any atom is 0.323 e. The van der Waals surface area contributed by atoms with Gasteiger partial charge in [-0.05, 0) is 60.2 Å². The van der Waals surface area contributed by atoms with Gasteiger partial charge >= 0.3 is 12.0 Å². The van der Waals surface area contributed by atoms with E-state index in [0.29, 0.717) is 24.1 Å². The number of ketones is 1. The summed E-state index contributed by atoms with van der Waals surface area (Å²) in [7, 11) is 0. The van der Waals surface area contributed by atoms with Crippen LogP contribution in [0.5, 0.6) is 0 Å². The Morgan fingerprint density at radius 3 is 1.74 bits per heavy atom. The minimum absolute atomic E-state index is 0.0847. The summed E-state index contributed by atoms with van der Waals surface area (Å²) in [4.78, 5) is 36.8. The Balaban J connectivity index is 1.37. The number of hydrogen-bond donors (Lipinski definition) is 3. The molecule has 35 heavy (non-hydrogen) atoms. The van der Waals surface area contributed by atoms with Crippen molar-refractivity contribution in [3.05, 3.63) is 83.9 Å². The number of rotatable bonds is 7. The highest BCUT2D eigenvalue weighted by molar-refractivity contribution is 6.01. The Morgan fingerprint density at radius 1 is 0.743 bits per heavy atom. The second-order valence-electron chi connectivity index (χ2n) is 8.98. The molecule has 0 heterocycles. The average Bonchev–Trinajstić information content (AvgIpc) is 2.89. The molecule has 0 unspecified atom stereocenters. The number of carbonyl (C=O) groups is 3. The minimum Gasteiger partial charge on any atom is -0.481 e. The van der Waals surface area contributed by atoms with Crippen LogP contribution in [0.4, 0.5) is 16.2 Å². The van der Waals surface area contributed by atoms with Crippen molar-refractivity contribution >= 4 is 29.2 Å².